The first-order valence-electron chi connectivity index (χ1n) is 4.81. The van der Waals surface area contributed by atoms with Gasteiger partial charge in [-0.3, -0.25) is 4.79 Å². The second-order valence-electron chi connectivity index (χ2n) is 3.22. The highest BCUT2D eigenvalue weighted by Crippen LogP contribution is 2.13. The molecule has 0 saturated heterocycles. The lowest BCUT2D eigenvalue weighted by Crippen LogP contribution is -2.26. The Morgan fingerprint density at radius 1 is 1.35 bits per heavy atom. The number of sulfonamides is 1. The third-order valence-corrected chi connectivity index (χ3v) is 3.47. The van der Waals surface area contributed by atoms with E-state index in [-0.39, 0.29) is 23.6 Å². The number of aromatic hydroxyl groups is 1. The van der Waals surface area contributed by atoms with Crippen molar-refractivity contribution in [3.05, 3.63) is 24.3 Å². The molecule has 1 rings (SSSR count). The molecule has 0 saturated carbocycles. The summed E-state index contributed by atoms with van der Waals surface area (Å²) >= 11 is 0. The monoisotopic (exact) mass is 259 g/mol. The average Bonchev–Trinajstić information content (AvgIpc) is 2.29. The molecule has 0 atom stereocenters. The molecule has 0 unspecified atom stereocenters. The van der Waals surface area contributed by atoms with Crippen molar-refractivity contribution in [1.82, 2.24) is 4.72 Å². The molecular weight excluding hydrogens is 246 g/mol. The van der Waals surface area contributed by atoms with E-state index in [0.717, 1.165) is 0 Å². The number of carbonyl (C=O) groups is 1. The highest BCUT2D eigenvalue weighted by Gasteiger charge is 2.13. The fourth-order valence-corrected chi connectivity index (χ4v) is 2.13. The summed E-state index contributed by atoms with van der Waals surface area (Å²) in [6.45, 7) is -0.0319. The second kappa shape index (κ2) is 5.65. The van der Waals surface area contributed by atoms with Crippen molar-refractivity contribution in [2.75, 3.05) is 13.7 Å². The Hall–Kier alpha value is -1.60. The van der Waals surface area contributed by atoms with Crippen LogP contribution in [0.25, 0.3) is 0 Å². The van der Waals surface area contributed by atoms with Gasteiger partial charge in [0.05, 0.1) is 18.4 Å². The molecule has 2 N–H and O–H groups in total. The highest BCUT2D eigenvalue weighted by molar-refractivity contribution is 7.89. The summed E-state index contributed by atoms with van der Waals surface area (Å²) in [5, 5.41) is 9.03. The van der Waals surface area contributed by atoms with Gasteiger partial charge in [0.25, 0.3) is 0 Å². The summed E-state index contributed by atoms with van der Waals surface area (Å²) in [7, 11) is -2.42. The maximum atomic E-state index is 11.7. The molecule has 7 heteroatoms. The summed E-state index contributed by atoms with van der Waals surface area (Å²) in [4.78, 5) is 10.8. The van der Waals surface area contributed by atoms with E-state index < -0.39 is 16.0 Å². The van der Waals surface area contributed by atoms with Crippen LogP contribution in [0.3, 0.4) is 0 Å². The van der Waals surface area contributed by atoms with Crippen molar-refractivity contribution >= 4 is 16.0 Å². The minimum absolute atomic E-state index is 0.0153. The number of hydrogen-bond donors (Lipinski definition) is 2. The third kappa shape index (κ3) is 4.04. The van der Waals surface area contributed by atoms with Crippen LogP contribution in [0.2, 0.25) is 0 Å². The first-order chi connectivity index (χ1) is 7.95. The molecule has 94 valence electrons. The first-order valence-corrected chi connectivity index (χ1v) is 6.29. The van der Waals surface area contributed by atoms with Gasteiger partial charge in [-0.1, -0.05) is 0 Å². The number of nitrogens with one attached hydrogen (secondary N) is 1. The molecule has 0 heterocycles. The maximum absolute atomic E-state index is 11.7. The summed E-state index contributed by atoms with van der Waals surface area (Å²) < 4.78 is 30.0. The molecule has 0 amide bonds. The number of carbonyl (C=O) groups excluding carboxylic acids is 1. The Bertz CT molecular complexity index is 480. The van der Waals surface area contributed by atoms with Gasteiger partial charge in [-0.2, -0.15) is 0 Å². The molecule has 0 spiro atoms. The van der Waals surface area contributed by atoms with Crippen LogP contribution in [0.1, 0.15) is 6.42 Å². The summed E-state index contributed by atoms with van der Waals surface area (Å²) in [5.74, 6) is -0.503. The predicted octanol–water partition coefficient (Wildman–Crippen LogP) is 0.234. The van der Waals surface area contributed by atoms with Gasteiger partial charge in [0.1, 0.15) is 5.75 Å². The lowest BCUT2D eigenvalue weighted by Gasteiger charge is -2.05. The number of esters is 1. The van der Waals surface area contributed by atoms with Crippen LogP contribution in [0.15, 0.2) is 29.2 Å². The number of ether oxygens (including phenoxy) is 1. The zero-order valence-corrected chi connectivity index (χ0v) is 10.0. The minimum atomic E-state index is -3.65. The number of benzene rings is 1. The zero-order valence-electron chi connectivity index (χ0n) is 9.21. The number of methoxy groups -OCH3 is 1. The smallest absolute Gasteiger partial charge is 0.306 e. The number of hydrogen-bond acceptors (Lipinski definition) is 5. The van der Waals surface area contributed by atoms with Gasteiger partial charge in [-0.15, -0.1) is 0 Å². The quantitative estimate of drug-likeness (QED) is 0.739. The van der Waals surface area contributed by atoms with E-state index in [1.165, 1.54) is 31.4 Å². The van der Waals surface area contributed by atoms with Crippen molar-refractivity contribution in [2.45, 2.75) is 11.3 Å². The van der Waals surface area contributed by atoms with Crippen LogP contribution in [-0.2, 0) is 19.6 Å². The highest BCUT2D eigenvalue weighted by atomic mass is 32.2. The summed E-state index contributed by atoms with van der Waals surface area (Å²) in [6.07, 6.45) is -0.0339. The molecule has 0 fully saturated rings. The van der Waals surface area contributed by atoms with Gasteiger partial charge in [0.2, 0.25) is 10.0 Å². The fourth-order valence-electron chi connectivity index (χ4n) is 1.10. The molecular formula is C10H13NO5S. The first kappa shape index (κ1) is 13.5. The Kier molecular flexibility index (Phi) is 4.47. The second-order valence-corrected chi connectivity index (χ2v) is 4.98. The lowest BCUT2D eigenvalue weighted by molar-refractivity contribution is -0.140. The van der Waals surface area contributed by atoms with Crippen molar-refractivity contribution in [1.29, 1.82) is 0 Å². The Labute approximate surface area is 99.3 Å². The number of phenols is 1. The van der Waals surface area contributed by atoms with E-state index in [9.17, 15) is 13.2 Å². The molecule has 0 aliphatic carbocycles. The van der Waals surface area contributed by atoms with Gasteiger partial charge >= 0.3 is 5.97 Å². The largest absolute Gasteiger partial charge is 0.508 e. The van der Waals surface area contributed by atoms with Crippen LogP contribution in [0.4, 0.5) is 0 Å². The standard InChI is InChI=1S/C10H13NO5S/c1-16-10(13)6-7-11-17(14,15)9-4-2-8(12)3-5-9/h2-5,11-12H,6-7H2,1H3. The molecule has 0 radical (unpaired) electrons. The van der Waals surface area contributed by atoms with Crippen molar-refractivity contribution < 1.29 is 23.1 Å². The molecule has 6 nitrogen and oxygen atoms in total. The van der Waals surface area contributed by atoms with E-state index in [0.29, 0.717) is 0 Å². The number of phenolic OH excluding ortho intramolecular Hbond substituents is 1. The lowest BCUT2D eigenvalue weighted by atomic mass is 10.3. The van der Waals surface area contributed by atoms with E-state index in [4.69, 9.17) is 5.11 Å². The average molecular weight is 259 g/mol. The molecule has 1 aromatic carbocycles. The van der Waals surface area contributed by atoms with Crippen LogP contribution < -0.4 is 4.72 Å². The van der Waals surface area contributed by atoms with Gasteiger partial charge < -0.3 is 9.84 Å². The molecule has 0 aromatic heterocycles. The molecule has 0 aliphatic heterocycles. The van der Waals surface area contributed by atoms with Crippen LogP contribution in [-0.4, -0.2) is 33.1 Å². The number of rotatable bonds is 5. The molecule has 0 aliphatic rings. The predicted molar refractivity (Wildman–Crippen MR) is 59.9 cm³/mol. The van der Waals surface area contributed by atoms with Gasteiger partial charge in [0, 0.05) is 6.54 Å². The summed E-state index contributed by atoms with van der Waals surface area (Å²) in [6, 6.07) is 5.09. The van der Waals surface area contributed by atoms with Gasteiger partial charge in [0.15, 0.2) is 0 Å². The van der Waals surface area contributed by atoms with E-state index in [1.54, 1.807) is 0 Å². The topological polar surface area (TPSA) is 92.7 Å². The van der Waals surface area contributed by atoms with Gasteiger partial charge in [-0.25, -0.2) is 13.1 Å². The van der Waals surface area contributed by atoms with E-state index in [1.807, 2.05) is 0 Å². The van der Waals surface area contributed by atoms with Crippen LogP contribution >= 0.6 is 0 Å². The Balaban J connectivity index is 2.63. The Morgan fingerprint density at radius 2 is 1.94 bits per heavy atom. The van der Waals surface area contributed by atoms with Gasteiger partial charge in [-0.05, 0) is 24.3 Å². The summed E-state index contributed by atoms with van der Waals surface area (Å²) in [5.41, 5.74) is 0. The normalized spacial score (nSPS) is 11.1. The third-order valence-electron chi connectivity index (χ3n) is 2.00. The molecule has 17 heavy (non-hydrogen) atoms. The van der Waals surface area contributed by atoms with Crippen molar-refractivity contribution in [3.8, 4) is 5.75 Å². The van der Waals surface area contributed by atoms with Crippen molar-refractivity contribution in [3.63, 3.8) is 0 Å². The van der Waals surface area contributed by atoms with Crippen molar-refractivity contribution in [2.24, 2.45) is 0 Å². The zero-order chi connectivity index (χ0) is 12.9. The molecule has 0 bridgehead atoms. The Morgan fingerprint density at radius 3 is 2.47 bits per heavy atom. The van der Waals surface area contributed by atoms with Crippen LogP contribution in [0, 0.1) is 0 Å². The SMILES string of the molecule is COC(=O)CCNS(=O)(=O)c1ccc(O)cc1. The molecule has 1 aromatic rings. The minimum Gasteiger partial charge on any atom is -0.508 e. The maximum Gasteiger partial charge on any atom is 0.306 e. The fraction of sp³-hybridized carbons (Fsp3) is 0.300. The van der Waals surface area contributed by atoms with E-state index >= 15 is 0 Å². The van der Waals surface area contributed by atoms with E-state index in [2.05, 4.69) is 9.46 Å². The van der Waals surface area contributed by atoms with Crippen LogP contribution in [0.5, 0.6) is 5.75 Å².